The smallest absolute Gasteiger partial charge is 0.298 e. The second-order valence-electron chi connectivity index (χ2n) is 6.54. The highest BCUT2D eigenvalue weighted by Gasteiger charge is 2.45. The summed E-state index contributed by atoms with van der Waals surface area (Å²) in [5.74, 6) is 0.0836. The quantitative estimate of drug-likeness (QED) is 0.474. The van der Waals surface area contributed by atoms with Crippen molar-refractivity contribution in [2.75, 3.05) is 29.5 Å². The third-order valence-corrected chi connectivity index (χ3v) is 5.50. The number of nitrogens with one attached hydrogen (secondary N) is 1. The minimum absolute atomic E-state index is 0.0165. The van der Waals surface area contributed by atoms with E-state index in [1.54, 1.807) is 17.0 Å². The summed E-state index contributed by atoms with van der Waals surface area (Å²) >= 11 is 3.38. The molecule has 1 aromatic heterocycles. The fraction of sp³-hybridized carbons (Fsp3) is 0.222. The highest BCUT2D eigenvalue weighted by Crippen LogP contribution is 2.48. The number of aromatic nitrogens is 1. The zero-order valence-electron chi connectivity index (χ0n) is 14.6. The molecule has 4 rings (SSSR count). The molecule has 10 heteroatoms. The summed E-state index contributed by atoms with van der Waals surface area (Å²) in [5, 5.41) is 24.7. The molecule has 28 heavy (non-hydrogen) atoms. The number of allylic oxidation sites excluding steroid dienone is 1. The highest BCUT2D eigenvalue weighted by atomic mass is 79.9. The van der Waals surface area contributed by atoms with Gasteiger partial charge in [0.05, 0.1) is 10.6 Å². The Kier molecular flexibility index (Phi) is 4.31. The molecular formula is C18H16BrN7O2. The van der Waals surface area contributed by atoms with E-state index in [2.05, 4.69) is 26.2 Å². The van der Waals surface area contributed by atoms with Gasteiger partial charge in [0.15, 0.2) is 5.82 Å². The summed E-state index contributed by atoms with van der Waals surface area (Å²) in [5.41, 5.74) is 13.5. The van der Waals surface area contributed by atoms with Gasteiger partial charge < -0.3 is 21.7 Å². The second kappa shape index (κ2) is 6.69. The lowest BCUT2D eigenvalue weighted by Crippen LogP contribution is -2.45. The molecule has 0 radical (unpaired) electrons. The van der Waals surface area contributed by atoms with E-state index in [0.717, 1.165) is 10.9 Å². The van der Waals surface area contributed by atoms with Gasteiger partial charge in [0.1, 0.15) is 29.2 Å². The summed E-state index contributed by atoms with van der Waals surface area (Å²) in [7, 11) is 0. The van der Waals surface area contributed by atoms with E-state index in [-0.39, 0.29) is 22.8 Å². The van der Waals surface area contributed by atoms with Crippen molar-refractivity contribution in [1.82, 2.24) is 10.3 Å². The molecule has 0 saturated carbocycles. The van der Waals surface area contributed by atoms with Crippen molar-refractivity contribution in [2.45, 2.75) is 12.3 Å². The van der Waals surface area contributed by atoms with E-state index in [0.29, 0.717) is 35.9 Å². The van der Waals surface area contributed by atoms with Crippen LogP contribution in [0.3, 0.4) is 0 Å². The third-order valence-electron chi connectivity index (χ3n) is 4.98. The normalized spacial score (nSPS) is 18.0. The average Bonchev–Trinajstić information content (AvgIpc) is 2.67. The maximum atomic E-state index is 12.1. The number of rotatable bonds is 2. The number of anilines is 3. The molecule has 142 valence electrons. The number of nitrogen functional groups attached to an aromatic ring is 2. The number of nitrogens with two attached hydrogens (primary N) is 2. The number of pyridine rings is 1. The van der Waals surface area contributed by atoms with E-state index >= 15 is 0 Å². The van der Waals surface area contributed by atoms with Crippen molar-refractivity contribution in [1.29, 1.82) is 5.26 Å². The fourth-order valence-corrected chi connectivity index (χ4v) is 4.03. The van der Waals surface area contributed by atoms with Crippen LogP contribution >= 0.6 is 15.9 Å². The first kappa shape index (κ1) is 18.1. The fourth-order valence-electron chi connectivity index (χ4n) is 3.77. The molecular weight excluding hydrogens is 426 g/mol. The van der Waals surface area contributed by atoms with Crippen molar-refractivity contribution < 1.29 is 4.92 Å². The number of halogens is 1. The highest BCUT2D eigenvalue weighted by molar-refractivity contribution is 9.10. The third kappa shape index (κ3) is 2.63. The largest absolute Gasteiger partial charge is 0.397 e. The first-order valence-corrected chi connectivity index (χ1v) is 9.37. The molecule has 0 aliphatic carbocycles. The Morgan fingerprint density at radius 3 is 2.71 bits per heavy atom. The summed E-state index contributed by atoms with van der Waals surface area (Å²) in [6.07, 6.45) is 0.776. The Balaban J connectivity index is 2.08. The van der Waals surface area contributed by atoms with Gasteiger partial charge in [-0.2, -0.15) is 5.26 Å². The lowest BCUT2D eigenvalue weighted by molar-refractivity contribution is -0.431. The average molecular weight is 442 g/mol. The first-order chi connectivity index (χ1) is 13.4. The minimum atomic E-state index is -0.782. The lowest BCUT2D eigenvalue weighted by atomic mass is 9.83. The number of benzene rings is 1. The van der Waals surface area contributed by atoms with Gasteiger partial charge in [-0.05, 0) is 24.1 Å². The summed E-state index contributed by atoms with van der Waals surface area (Å²) < 4.78 is 0.848. The van der Waals surface area contributed by atoms with Gasteiger partial charge in [-0.25, -0.2) is 4.98 Å². The topological polar surface area (TPSA) is 147 Å². The van der Waals surface area contributed by atoms with Crippen molar-refractivity contribution in [2.24, 2.45) is 0 Å². The number of hydrogen-bond donors (Lipinski definition) is 3. The van der Waals surface area contributed by atoms with Gasteiger partial charge >= 0.3 is 0 Å². The Morgan fingerprint density at radius 2 is 2.07 bits per heavy atom. The predicted octanol–water partition coefficient (Wildman–Crippen LogP) is 2.27. The van der Waals surface area contributed by atoms with Crippen LogP contribution in [0.15, 0.2) is 40.3 Å². The Hall–Kier alpha value is -3.32. The zero-order valence-corrected chi connectivity index (χ0v) is 16.2. The Labute approximate surface area is 168 Å². The maximum absolute atomic E-state index is 12.1. The molecule has 3 heterocycles. The van der Waals surface area contributed by atoms with Crippen molar-refractivity contribution in [3.05, 3.63) is 67.1 Å². The SMILES string of the molecule is N#Cc1c(N)nc2c(c1N)C(c1ccc(Br)cc1)C([N+](=O)[O-])=C1NCCCN12. The van der Waals surface area contributed by atoms with Gasteiger partial charge in [-0.1, -0.05) is 28.1 Å². The van der Waals surface area contributed by atoms with Gasteiger partial charge in [0.2, 0.25) is 0 Å². The molecule has 1 fully saturated rings. The van der Waals surface area contributed by atoms with Crippen LogP contribution in [-0.2, 0) is 0 Å². The number of nitrogens with zero attached hydrogens (tertiary/aromatic N) is 4. The number of hydrogen-bond acceptors (Lipinski definition) is 8. The zero-order chi connectivity index (χ0) is 20.0. The summed E-state index contributed by atoms with van der Waals surface area (Å²) in [6, 6.07) is 9.18. The van der Waals surface area contributed by atoms with Crippen LogP contribution < -0.4 is 21.7 Å². The second-order valence-corrected chi connectivity index (χ2v) is 7.46. The van der Waals surface area contributed by atoms with Gasteiger partial charge in [-0.3, -0.25) is 10.1 Å². The molecule has 1 saturated heterocycles. The Bertz CT molecular complexity index is 1060. The van der Waals surface area contributed by atoms with Crippen molar-refractivity contribution >= 4 is 33.3 Å². The summed E-state index contributed by atoms with van der Waals surface area (Å²) in [4.78, 5) is 17.9. The van der Waals surface area contributed by atoms with Gasteiger partial charge in [0, 0.05) is 23.1 Å². The summed E-state index contributed by atoms with van der Waals surface area (Å²) in [6.45, 7) is 1.16. The van der Waals surface area contributed by atoms with E-state index in [9.17, 15) is 15.4 Å². The van der Waals surface area contributed by atoms with Crippen LogP contribution in [-0.4, -0.2) is 23.0 Å². The van der Waals surface area contributed by atoms with Crippen LogP contribution in [0.4, 0.5) is 17.3 Å². The van der Waals surface area contributed by atoms with E-state index in [4.69, 9.17) is 11.5 Å². The van der Waals surface area contributed by atoms with E-state index < -0.39 is 10.8 Å². The number of nitriles is 1. The Morgan fingerprint density at radius 1 is 1.36 bits per heavy atom. The molecule has 2 aliphatic rings. The molecule has 1 unspecified atom stereocenters. The van der Waals surface area contributed by atoms with Crippen LogP contribution in [0.2, 0.25) is 0 Å². The van der Waals surface area contributed by atoms with E-state index in [1.807, 2.05) is 18.2 Å². The molecule has 0 amide bonds. The van der Waals surface area contributed by atoms with Crippen molar-refractivity contribution in [3.8, 4) is 6.07 Å². The number of fused-ring (bicyclic) bond motifs is 3. The minimum Gasteiger partial charge on any atom is -0.397 e. The maximum Gasteiger partial charge on any atom is 0.298 e. The predicted molar refractivity (Wildman–Crippen MR) is 108 cm³/mol. The van der Waals surface area contributed by atoms with Crippen LogP contribution in [0.25, 0.3) is 0 Å². The van der Waals surface area contributed by atoms with Gasteiger partial charge in [0.25, 0.3) is 5.70 Å². The standard InChI is InChI=1S/C18H16BrN7O2/c19-10-4-2-9(3-5-10)12-13-14(21)11(8-20)16(22)24-17(13)25-7-1-6-23-18(25)15(12)26(27)28/h2-5,12,23H,1,6-7H2,(H4,21,22,24). The molecule has 2 aromatic rings. The molecule has 1 atom stereocenters. The van der Waals surface area contributed by atoms with Crippen LogP contribution in [0.1, 0.15) is 29.0 Å². The molecule has 0 bridgehead atoms. The first-order valence-electron chi connectivity index (χ1n) is 8.58. The monoisotopic (exact) mass is 441 g/mol. The molecule has 5 N–H and O–H groups in total. The van der Waals surface area contributed by atoms with Crippen LogP contribution in [0, 0.1) is 21.4 Å². The molecule has 2 aliphatic heterocycles. The molecule has 1 aromatic carbocycles. The molecule has 9 nitrogen and oxygen atoms in total. The van der Waals surface area contributed by atoms with E-state index in [1.165, 1.54) is 0 Å². The lowest BCUT2D eigenvalue weighted by Gasteiger charge is -2.38. The van der Waals surface area contributed by atoms with Gasteiger partial charge in [-0.15, -0.1) is 0 Å². The van der Waals surface area contributed by atoms with Crippen molar-refractivity contribution in [3.63, 3.8) is 0 Å². The number of nitro groups is 1. The van der Waals surface area contributed by atoms with Crippen LogP contribution in [0.5, 0.6) is 0 Å². The molecule has 0 spiro atoms.